The molecule has 3 N–H and O–H groups in total. The minimum Gasteiger partial charge on any atom is -0.341 e. The van der Waals surface area contributed by atoms with E-state index in [1.807, 2.05) is 11.8 Å². The molecule has 3 rings (SSSR count). The van der Waals surface area contributed by atoms with Gasteiger partial charge in [0.15, 0.2) is 0 Å². The maximum Gasteiger partial charge on any atom is 0.239 e. The number of hydrogen-bond acceptors (Lipinski definition) is 3. The van der Waals surface area contributed by atoms with Gasteiger partial charge in [-0.3, -0.25) is 9.89 Å². The van der Waals surface area contributed by atoms with Crippen LogP contribution in [0.1, 0.15) is 24.0 Å². The second-order valence-corrected chi connectivity index (χ2v) is 5.59. The number of carbonyl (C=O) groups excluding carboxylic acids is 1. The van der Waals surface area contributed by atoms with Gasteiger partial charge in [0.1, 0.15) is 0 Å². The Morgan fingerprint density at radius 2 is 2.20 bits per heavy atom. The van der Waals surface area contributed by atoms with E-state index in [2.05, 4.69) is 22.3 Å². The normalized spacial score (nSPS) is 16.8. The maximum absolute atomic E-state index is 12.2. The lowest BCUT2D eigenvalue weighted by molar-refractivity contribution is -0.131. The molecule has 2 heterocycles. The van der Waals surface area contributed by atoms with Crippen molar-refractivity contribution in [3.05, 3.63) is 29.5 Å². The molecule has 5 nitrogen and oxygen atoms in total. The highest BCUT2D eigenvalue weighted by Gasteiger charge is 2.23. The highest BCUT2D eigenvalue weighted by molar-refractivity contribution is 5.84. The van der Waals surface area contributed by atoms with E-state index in [1.54, 1.807) is 6.20 Å². The molecule has 0 radical (unpaired) electrons. The van der Waals surface area contributed by atoms with Crippen molar-refractivity contribution in [3.8, 4) is 0 Å². The molecule has 1 fully saturated rings. The summed E-state index contributed by atoms with van der Waals surface area (Å²) < 4.78 is 0. The van der Waals surface area contributed by atoms with Crippen LogP contribution < -0.4 is 5.73 Å². The number of likely N-dealkylation sites (tertiary alicyclic amines) is 1. The molecule has 0 saturated carbocycles. The summed E-state index contributed by atoms with van der Waals surface area (Å²) in [7, 11) is 0. The van der Waals surface area contributed by atoms with Crippen LogP contribution in [-0.4, -0.2) is 40.1 Å². The van der Waals surface area contributed by atoms with Crippen molar-refractivity contribution >= 4 is 16.8 Å². The van der Waals surface area contributed by atoms with Gasteiger partial charge in [-0.05, 0) is 43.4 Å². The SMILES string of the molecule is Cc1cc(CC(N)C(=O)N2CCCC2)cc2cn[nH]c12. The Morgan fingerprint density at radius 1 is 1.45 bits per heavy atom. The Balaban J connectivity index is 1.76. The van der Waals surface area contributed by atoms with Crippen LogP contribution in [0.3, 0.4) is 0 Å². The highest BCUT2D eigenvalue weighted by Crippen LogP contribution is 2.19. The minimum absolute atomic E-state index is 0.0763. The molecule has 1 amide bonds. The zero-order chi connectivity index (χ0) is 14.1. The maximum atomic E-state index is 12.2. The molecule has 1 unspecified atom stereocenters. The number of carbonyl (C=O) groups is 1. The Kier molecular flexibility index (Phi) is 3.44. The van der Waals surface area contributed by atoms with E-state index in [9.17, 15) is 4.79 Å². The van der Waals surface area contributed by atoms with Gasteiger partial charge in [-0.25, -0.2) is 0 Å². The van der Waals surface area contributed by atoms with Crippen LogP contribution in [0, 0.1) is 6.92 Å². The van der Waals surface area contributed by atoms with Gasteiger partial charge in [0.25, 0.3) is 0 Å². The Labute approximate surface area is 118 Å². The van der Waals surface area contributed by atoms with Crippen LogP contribution in [-0.2, 0) is 11.2 Å². The molecular weight excluding hydrogens is 252 g/mol. The highest BCUT2D eigenvalue weighted by atomic mass is 16.2. The molecule has 20 heavy (non-hydrogen) atoms. The summed E-state index contributed by atoms with van der Waals surface area (Å²) in [5, 5.41) is 8.10. The number of nitrogens with one attached hydrogen (secondary N) is 1. The molecule has 2 aromatic rings. The summed E-state index contributed by atoms with van der Waals surface area (Å²) in [4.78, 5) is 14.1. The van der Waals surface area contributed by atoms with Gasteiger partial charge in [-0.15, -0.1) is 0 Å². The third-order valence-corrected chi connectivity index (χ3v) is 4.00. The standard InChI is InChI=1S/C15H20N4O/c1-10-6-11(7-12-9-17-18-14(10)12)8-13(16)15(20)19-4-2-3-5-19/h6-7,9,13H,2-5,8,16H2,1H3,(H,17,18). The monoisotopic (exact) mass is 272 g/mol. The smallest absolute Gasteiger partial charge is 0.239 e. The lowest BCUT2D eigenvalue weighted by Gasteiger charge is -2.20. The van der Waals surface area contributed by atoms with Crippen LogP contribution in [0.25, 0.3) is 10.9 Å². The molecular formula is C15H20N4O. The fourth-order valence-electron chi connectivity index (χ4n) is 2.94. The predicted molar refractivity (Wildman–Crippen MR) is 78.3 cm³/mol. The Hall–Kier alpha value is -1.88. The van der Waals surface area contributed by atoms with Crippen molar-refractivity contribution in [1.29, 1.82) is 0 Å². The number of nitrogens with zero attached hydrogens (tertiary/aromatic N) is 2. The van der Waals surface area contributed by atoms with Gasteiger partial charge in [0.2, 0.25) is 5.91 Å². The first-order valence-corrected chi connectivity index (χ1v) is 7.12. The summed E-state index contributed by atoms with van der Waals surface area (Å²) >= 11 is 0. The fourth-order valence-corrected chi connectivity index (χ4v) is 2.94. The van der Waals surface area contributed by atoms with Gasteiger partial charge in [-0.1, -0.05) is 6.07 Å². The molecule has 1 aliphatic heterocycles. The molecule has 1 saturated heterocycles. The number of hydrogen-bond donors (Lipinski definition) is 2. The zero-order valence-electron chi connectivity index (χ0n) is 11.7. The first kappa shape index (κ1) is 13.1. The summed E-state index contributed by atoms with van der Waals surface area (Å²) in [5.41, 5.74) is 9.36. The number of rotatable bonds is 3. The van der Waals surface area contributed by atoms with E-state index in [0.717, 1.165) is 48.0 Å². The summed E-state index contributed by atoms with van der Waals surface area (Å²) in [6.45, 7) is 3.75. The van der Waals surface area contributed by atoms with E-state index in [4.69, 9.17) is 5.73 Å². The second kappa shape index (κ2) is 5.25. The first-order valence-electron chi connectivity index (χ1n) is 7.12. The second-order valence-electron chi connectivity index (χ2n) is 5.59. The van der Waals surface area contributed by atoms with Crippen molar-refractivity contribution in [2.24, 2.45) is 5.73 Å². The van der Waals surface area contributed by atoms with Crippen molar-refractivity contribution in [3.63, 3.8) is 0 Å². The quantitative estimate of drug-likeness (QED) is 0.886. The number of aryl methyl sites for hydroxylation is 1. The van der Waals surface area contributed by atoms with Gasteiger partial charge in [0, 0.05) is 18.5 Å². The number of amides is 1. The fraction of sp³-hybridized carbons (Fsp3) is 0.467. The first-order chi connectivity index (χ1) is 9.65. The van der Waals surface area contributed by atoms with Crippen LogP contribution in [0.4, 0.5) is 0 Å². The summed E-state index contributed by atoms with van der Waals surface area (Å²) in [6, 6.07) is 3.69. The summed E-state index contributed by atoms with van der Waals surface area (Å²) in [6.07, 6.45) is 4.58. The predicted octanol–water partition coefficient (Wildman–Crippen LogP) is 1.36. The van der Waals surface area contributed by atoms with Crippen LogP contribution >= 0.6 is 0 Å². The van der Waals surface area contributed by atoms with Crippen molar-refractivity contribution < 1.29 is 4.79 Å². The van der Waals surface area contributed by atoms with Crippen molar-refractivity contribution in [1.82, 2.24) is 15.1 Å². The average Bonchev–Trinajstić information content (AvgIpc) is 3.08. The lowest BCUT2D eigenvalue weighted by atomic mass is 10.0. The number of benzene rings is 1. The van der Waals surface area contributed by atoms with Gasteiger partial charge < -0.3 is 10.6 Å². The molecule has 0 spiro atoms. The number of aromatic nitrogens is 2. The van der Waals surface area contributed by atoms with Gasteiger partial charge in [0.05, 0.1) is 17.8 Å². The van der Waals surface area contributed by atoms with E-state index >= 15 is 0 Å². The molecule has 1 aromatic carbocycles. The molecule has 0 bridgehead atoms. The van der Waals surface area contributed by atoms with Crippen molar-refractivity contribution in [2.45, 2.75) is 32.2 Å². The lowest BCUT2D eigenvalue weighted by Crippen LogP contribution is -2.43. The molecule has 1 aliphatic rings. The van der Waals surface area contributed by atoms with Crippen LogP contribution in [0.15, 0.2) is 18.3 Å². The topological polar surface area (TPSA) is 75.0 Å². The molecule has 0 aliphatic carbocycles. The number of nitrogens with two attached hydrogens (primary N) is 1. The Morgan fingerprint density at radius 3 is 2.95 bits per heavy atom. The van der Waals surface area contributed by atoms with Gasteiger partial charge in [-0.2, -0.15) is 5.10 Å². The molecule has 106 valence electrons. The number of aromatic amines is 1. The van der Waals surface area contributed by atoms with Gasteiger partial charge >= 0.3 is 0 Å². The minimum atomic E-state index is -0.447. The number of fused-ring (bicyclic) bond motifs is 1. The van der Waals surface area contributed by atoms with Crippen LogP contribution in [0.2, 0.25) is 0 Å². The van der Waals surface area contributed by atoms with E-state index in [1.165, 1.54) is 0 Å². The molecule has 5 heteroatoms. The third kappa shape index (κ3) is 2.41. The number of H-pyrrole nitrogens is 1. The van der Waals surface area contributed by atoms with E-state index in [0.29, 0.717) is 6.42 Å². The van der Waals surface area contributed by atoms with E-state index < -0.39 is 6.04 Å². The average molecular weight is 272 g/mol. The van der Waals surface area contributed by atoms with E-state index in [-0.39, 0.29) is 5.91 Å². The molecule has 1 aromatic heterocycles. The summed E-state index contributed by atoms with van der Waals surface area (Å²) in [5.74, 6) is 0.0763. The van der Waals surface area contributed by atoms with Crippen LogP contribution in [0.5, 0.6) is 0 Å². The van der Waals surface area contributed by atoms with Crippen molar-refractivity contribution in [2.75, 3.05) is 13.1 Å². The third-order valence-electron chi connectivity index (χ3n) is 4.00. The Bertz CT molecular complexity index is 628. The molecule has 1 atom stereocenters. The largest absolute Gasteiger partial charge is 0.341 e. The zero-order valence-corrected chi connectivity index (χ0v) is 11.7.